The molecule has 0 radical (unpaired) electrons. The van der Waals surface area contributed by atoms with Gasteiger partial charge in [-0.15, -0.1) is 0 Å². The fourth-order valence-corrected chi connectivity index (χ4v) is 1.66. The molecular weight excluding hydrogens is 240 g/mol. The third-order valence-electron chi connectivity index (χ3n) is 2.13. The highest BCUT2D eigenvalue weighted by molar-refractivity contribution is 6.28. The molecule has 6 nitrogen and oxygen atoms in total. The summed E-state index contributed by atoms with van der Waals surface area (Å²) in [6.07, 6.45) is 0. The van der Waals surface area contributed by atoms with Crippen LogP contribution in [0.1, 0.15) is 18.3 Å². The van der Waals surface area contributed by atoms with Gasteiger partial charge in [0, 0.05) is 12.2 Å². The molecule has 90 valence electrons. The van der Waals surface area contributed by atoms with Crippen molar-refractivity contribution in [2.24, 2.45) is 0 Å². The first kappa shape index (κ1) is 11.8. The number of hydrogen-bond acceptors (Lipinski definition) is 5. The van der Waals surface area contributed by atoms with Crippen LogP contribution in [0.5, 0.6) is 0 Å². The van der Waals surface area contributed by atoms with Crippen LogP contribution in [0.4, 0.5) is 5.95 Å². The number of aromatic nitrogens is 5. The molecule has 0 fully saturated rings. The Morgan fingerprint density at radius 3 is 2.65 bits per heavy atom. The number of anilines is 1. The SMILES string of the molecule is CCNc1nc(Cl)nc(-n2nc(C)cc2C)n1. The maximum absolute atomic E-state index is 5.85. The molecule has 7 heteroatoms. The van der Waals surface area contributed by atoms with E-state index in [2.05, 4.69) is 25.4 Å². The molecule has 0 aliphatic rings. The molecule has 2 rings (SSSR count). The van der Waals surface area contributed by atoms with Crippen molar-refractivity contribution >= 4 is 17.5 Å². The minimum Gasteiger partial charge on any atom is -0.354 e. The van der Waals surface area contributed by atoms with E-state index in [0.29, 0.717) is 11.9 Å². The third kappa shape index (κ3) is 2.52. The summed E-state index contributed by atoms with van der Waals surface area (Å²) < 4.78 is 1.64. The molecule has 0 spiro atoms. The molecule has 0 aliphatic carbocycles. The summed E-state index contributed by atoms with van der Waals surface area (Å²) in [5, 5.41) is 7.45. The number of aryl methyl sites for hydroxylation is 2. The first-order chi connectivity index (χ1) is 8.10. The maximum atomic E-state index is 5.85. The van der Waals surface area contributed by atoms with Gasteiger partial charge in [-0.2, -0.15) is 20.1 Å². The second-order valence-electron chi connectivity index (χ2n) is 3.60. The van der Waals surface area contributed by atoms with Gasteiger partial charge in [0.15, 0.2) is 0 Å². The molecule has 17 heavy (non-hydrogen) atoms. The fraction of sp³-hybridized carbons (Fsp3) is 0.400. The molecule has 0 aromatic carbocycles. The van der Waals surface area contributed by atoms with E-state index in [1.165, 1.54) is 0 Å². The van der Waals surface area contributed by atoms with Crippen LogP contribution in [0.25, 0.3) is 5.95 Å². The van der Waals surface area contributed by atoms with Gasteiger partial charge in [0.05, 0.1) is 5.69 Å². The zero-order valence-electron chi connectivity index (χ0n) is 9.90. The molecular formula is C10H13ClN6. The van der Waals surface area contributed by atoms with Crippen LogP contribution in [0.3, 0.4) is 0 Å². The van der Waals surface area contributed by atoms with Crippen LogP contribution < -0.4 is 5.32 Å². The molecule has 0 atom stereocenters. The van der Waals surface area contributed by atoms with E-state index in [0.717, 1.165) is 17.9 Å². The van der Waals surface area contributed by atoms with Gasteiger partial charge in [-0.25, -0.2) is 4.68 Å². The lowest BCUT2D eigenvalue weighted by Crippen LogP contribution is -2.10. The topological polar surface area (TPSA) is 68.5 Å². The van der Waals surface area contributed by atoms with Gasteiger partial charge in [0.2, 0.25) is 11.2 Å². The Kier molecular flexibility index (Phi) is 3.23. The average Bonchev–Trinajstić information content (AvgIpc) is 2.57. The normalized spacial score (nSPS) is 10.6. The van der Waals surface area contributed by atoms with Gasteiger partial charge in [0.25, 0.3) is 5.95 Å². The predicted octanol–water partition coefficient (Wildman–Crippen LogP) is 1.76. The Morgan fingerprint density at radius 1 is 1.29 bits per heavy atom. The number of nitrogens with zero attached hydrogens (tertiary/aromatic N) is 5. The number of rotatable bonds is 3. The maximum Gasteiger partial charge on any atom is 0.256 e. The van der Waals surface area contributed by atoms with Crippen LogP contribution in [0, 0.1) is 13.8 Å². The van der Waals surface area contributed by atoms with E-state index >= 15 is 0 Å². The highest BCUT2D eigenvalue weighted by Gasteiger charge is 2.10. The average molecular weight is 253 g/mol. The zero-order valence-corrected chi connectivity index (χ0v) is 10.7. The van der Waals surface area contributed by atoms with E-state index in [-0.39, 0.29) is 5.28 Å². The lowest BCUT2D eigenvalue weighted by atomic mass is 10.4. The molecule has 0 bridgehead atoms. The van der Waals surface area contributed by atoms with E-state index in [4.69, 9.17) is 11.6 Å². The van der Waals surface area contributed by atoms with Gasteiger partial charge >= 0.3 is 0 Å². The molecule has 2 heterocycles. The summed E-state index contributed by atoms with van der Waals surface area (Å²) in [5.41, 5.74) is 1.86. The van der Waals surface area contributed by atoms with Gasteiger partial charge in [-0.05, 0) is 38.4 Å². The standard InChI is InChI=1S/C10H13ClN6/c1-4-12-9-13-8(11)14-10(15-9)17-7(3)5-6(2)16-17/h5H,4H2,1-3H3,(H,12,13,14,15). The Morgan fingerprint density at radius 2 is 2.06 bits per heavy atom. The minimum absolute atomic E-state index is 0.151. The summed E-state index contributed by atoms with van der Waals surface area (Å²) in [4.78, 5) is 12.3. The molecule has 0 unspecified atom stereocenters. The molecule has 0 amide bonds. The molecule has 0 saturated carbocycles. The van der Waals surface area contributed by atoms with E-state index in [1.807, 2.05) is 26.8 Å². The molecule has 1 N–H and O–H groups in total. The summed E-state index contributed by atoms with van der Waals surface area (Å²) in [6.45, 7) is 6.53. The minimum atomic E-state index is 0.151. The summed E-state index contributed by atoms with van der Waals surface area (Å²) in [6, 6.07) is 1.95. The first-order valence-corrected chi connectivity index (χ1v) is 5.67. The van der Waals surface area contributed by atoms with E-state index in [1.54, 1.807) is 4.68 Å². The lowest BCUT2D eigenvalue weighted by molar-refractivity contribution is 0.765. The third-order valence-corrected chi connectivity index (χ3v) is 2.30. The van der Waals surface area contributed by atoms with E-state index < -0.39 is 0 Å². The number of hydrogen-bond donors (Lipinski definition) is 1. The monoisotopic (exact) mass is 252 g/mol. The largest absolute Gasteiger partial charge is 0.354 e. The number of halogens is 1. The highest BCUT2D eigenvalue weighted by Crippen LogP contribution is 2.12. The van der Waals surface area contributed by atoms with Crippen LogP contribution in [0.15, 0.2) is 6.07 Å². The van der Waals surface area contributed by atoms with Crippen LogP contribution >= 0.6 is 11.6 Å². The van der Waals surface area contributed by atoms with Gasteiger partial charge in [0.1, 0.15) is 0 Å². The Bertz CT molecular complexity index is 536. The Hall–Kier alpha value is -1.69. The van der Waals surface area contributed by atoms with E-state index in [9.17, 15) is 0 Å². The molecule has 0 saturated heterocycles. The predicted molar refractivity (Wildman–Crippen MR) is 65.6 cm³/mol. The lowest BCUT2D eigenvalue weighted by Gasteiger charge is -2.05. The van der Waals surface area contributed by atoms with Crippen LogP contribution in [0.2, 0.25) is 5.28 Å². The zero-order chi connectivity index (χ0) is 12.4. The Labute approximate surface area is 104 Å². The second-order valence-corrected chi connectivity index (χ2v) is 3.94. The summed E-state index contributed by atoms with van der Waals surface area (Å²) in [5.74, 6) is 0.876. The quantitative estimate of drug-likeness (QED) is 0.902. The molecule has 2 aromatic rings. The summed E-state index contributed by atoms with van der Waals surface area (Å²) in [7, 11) is 0. The highest BCUT2D eigenvalue weighted by atomic mass is 35.5. The van der Waals surface area contributed by atoms with Gasteiger partial charge in [-0.1, -0.05) is 0 Å². The van der Waals surface area contributed by atoms with Crippen LogP contribution in [-0.4, -0.2) is 31.3 Å². The summed E-state index contributed by atoms with van der Waals surface area (Å²) >= 11 is 5.85. The van der Waals surface area contributed by atoms with Gasteiger partial charge < -0.3 is 5.32 Å². The van der Waals surface area contributed by atoms with Crippen molar-refractivity contribution in [3.63, 3.8) is 0 Å². The smallest absolute Gasteiger partial charge is 0.256 e. The van der Waals surface area contributed by atoms with Crippen LogP contribution in [-0.2, 0) is 0 Å². The van der Waals surface area contributed by atoms with Crippen molar-refractivity contribution in [2.45, 2.75) is 20.8 Å². The fourth-order valence-electron chi connectivity index (χ4n) is 1.50. The van der Waals surface area contributed by atoms with Crippen molar-refractivity contribution in [2.75, 3.05) is 11.9 Å². The van der Waals surface area contributed by atoms with Crippen molar-refractivity contribution in [1.29, 1.82) is 0 Å². The van der Waals surface area contributed by atoms with Crippen molar-refractivity contribution in [1.82, 2.24) is 24.7 Å². The van der Waals surface area contributed by atoms with Crippen molar-refractivity contribution < 1.29 is 0 Å². The van der Waals surface area contributed by atoms with Crippen molar-refractivity contribution in [3.05, 3.63) is 22.7 Å². The first-order valence-electron chi connectivity index (χ1n) is 5.29. The molecule has 0 aliphatic heterocycles. The van der Waals surface area contributed by atoms with Crippen molar-refractivity contribution in [3.8, 4) is 5.95 Å². The number of nitrogens with one attached hydrogen (secondary N) is 1. The molecule has 2 aromatic heterocycles. The second kappa shape index (κ2) is 4.67. The van der Waals surface area contributed by atoms with Gasteiger partial charge in [-0.3, -0.25) is 0 Å². The Balaban J connectivity index is 2.48.